The van der Waals surface area contributed by atoms with Gasteiger partial charge >= 0.3 is 0 Å². The van der Waals surface area contributed by atoms with Crippen molar-refractivity contribution in [3.8, 4) is 0 Å². The smallest absolute Gasteiger partial charge is 0.265 e. The molecular weight excluding hydrogens is 450 g/mol. The first-order valence-electron chi connectivity index (χ1n) is 9.42. The van der Waals surface area contributed by atoms with E-state index in [0.29, 0.717) is 49.2 Å². The maximum Gasteiger partial charge on any atom is 0.265 e. The highest BCUT2D eigenvalue weighted by molar-refractivity contribution is 7.99. The maximum absolute atomic E-state index is 13.1. The van der Waals surface area contributed by atoms with Crippen LogP contribution in [0.15, 0.2) is 40.6 Å². The number of benzene rings is 1. The van der Waals surface area contributed by atoms with Crippen molar-refractivity contribution in [3.05, 3.63) is 45.6 Å². The summed E-state index contributed by atoms with van der Waals surface area (Å²) < 4.78 is 27.6. The predicted octanol–water partition coefficient (Wildman–Crippen LogP) is 3.10. The van der Waals surface area contributed by atoms with Gasteiger partial charge in [0.1, 0.15) is 9.77 Å². The van der Waals surface area contributed by atoms with Gasteiger partial charge in [-0.05, 0) is 23.6 Å². The largest absolute Gasteiger partial charge is 0.367 e. The molecule has 29 heavy (non-hydrogen) atoms. The molecule has 4 rings (SSSR count). The third-order valence-corrected chi connectivity index (χ3v) is 9.41. The number of para-hydroxylation sites is 1. The van der Waals surface area contributed by atoms with Gasteiger partial charge in [-0.3, -0.25) is 4.79 Å². The van der Waals surface area contributed by atoms with E-state index in [1.54, 1.807) is 28.1 Å². The Labute approximate surface area is 184 Å². The molecule has 0 aliphatic carbocycles. The SMILES string of the molecule is O=C(c1sccc1S(=O)(=O)N1CCSCC1)N1CCN(c2ccccc2Cl)CC1. The summed E-state index contributed by atoms with van der Waals surface area (Å²) in [5.74, 6) is 1.37. The van der Waals surface area contributed by atoms with Crippen LogP contribution in [0.4, 0.5) is 5.69 Å². The lowest BCUT2D eigenvalue weighted by molar-refractivity contribution is 0.0748. The molecule has 2 aliphatic rings. The first-order chi connectivity index (χ1) is 14.0. The summed E-state index contributed by atoms with van der Waals surface area (Å²) >= 11 is 9.25. The van der Waals surface area contributed by atoms with Crippen molar-refractivity contribution in [1.29, 1.82) is 0 Å². The van der Waals surface area contributed by atoms with Gasteiger partial charge in [0, 0.05) is 50.8 Å². The fourth-order valence-electron chi connectivity index (χ4n) is 3.58. The number of piperazine rings is 1. The van der Waals surface area contributed by atoms with Crippen LogP contribution < -0.4 is 4.90 Å². The Morgan fingerprint density at radius 3 is 2.34 bits per heavy atom. The number of carbonyl (C=O) groups is 1. The van der Waals surface area contributed by atoms with Gasteiger partial charge in [-0.25, -0.2) is 8.42 Å². The average Bonchev–Trinajstić information content (AvgIpc) is 3.25. The molecule has 1 amide bonds. The normalized spacial score (nSPS) is 18.8. The van der Waals surface area contributed by atoms with Crippen molar-refractivity contribution < 1.29 is 13.2 Å². The first kappa shape index (κ1) is 21.0. The number of thiophene rings is 1. The number of rotatable bonds is 4. The summed E-state index contributed by atoms with van der Waals surface area (Å²) in [5.41, 5.74) is 0.962. The first-order valence-corrected chi connectivity index (χ1v) is 13.3. The van der Waals surface area contributed by atoms with Crippen LogP contribution in [-0.4, -0.2) is 74.3 Å². The Bertz CT molecular complexity index is 981. The van der Waals surface area contributed by atoms with E-state index < -0.39 is 10.0 Å². The molecule has 0 unspecified atom stereocenters. The zero-order valence-electron chi connectivity index (χ0n) is 15.8. The summed E-state index contributed by atoms with van der Waals surface area (Å²) in [7, 11) is -3.64. The summed E-state index contributed by atoms with van der Waals surface area (Å²) in [6, 6.07) is 9.23. The zero-order chi connectivity index (χ0) is 20.4. The lowest BCUT2D eigenvalue weighted by Crippen LogP contribution is -2.49. The highest BCUT2D eigenvalue weighted by Crippen LogP contribution is 2.30. The molecule has 0 atom stereocenters. The lowest BCUT2D eigenvalue weighted by atomic mass is 10.2. The van der Waals surface area contributed by atoms with Crippen molar-refractivity contribution in [2.24, 2.45) is 0 Å². The minimum Gasteiger partial charge on any atom is -0.367 e. The Hall–Kier alpha value is -1.26. The van der Waals surface area contributed by atoms with Gasteiger partial charge in [0.05, 0.1) is 10.7 Å². The molecule has 1 aromatic heterocycles. The molecule has 2 aromatic rings. The molecule has 6 nitrogen and oxygen atoms in total. The maximum atomic E-state index is 13.1. The molecule has 0 spiro atoms. The van der Waals surface area contributed by atoms with Crippen LogP contribution in [0.1, 0.15) is 9.67 Å². The van der Waals surface area contributed by atoms with Crippen molar-refractivity contribution in [1.82, 2.24) is 9.21 Å². The van der Waals surface area contributed by atoms with Crippen LogP contribution in [0.3, 0.4) is 0 Å². The van der Waals surface area contributed by atoms with E-state index >= 15 is 0 Å². The third-order valence-electron chi connectivity index (χ3n) is 5.17. The minimum absolute atomic E-state index is 0.146. The number of hydrogen-bond acceptors (Lipinski definition) is 6. The standard InChI is InChI=1S/C19H22ClN3O3S3/c20-15-3-1-2-4-16(15)21-6-8-22(9-7-21)19(24)18-17(5-12-28-18)29(25,26)23-10-13-27-14-11-23/h1-5,12H,6-11,13-14H2. The van der Waals surface area contributed by atoms with Crippen LogP contribution >= 0.6 is 34.7 Å². The molecular formula is C19H22ClN3O3S3. The number of thioether (sulfide) groups is 1. The van der Waals surface area contributed by atoms with Crippen molar-refractivity contribution in [2.45, 2.75) is 4.90 Å². The molecule has 0 N–H and O–H groups in total. The number of amides is 1. The monoisotopic (exact) mass is 471 g/mol. The summed E-state index contributed by atoms with van der Waals surface area (Å²) in [4.78, 5) is 17.5. The summed E-state index contributed by atoms with van der Waals surface area (Å²) in [6.45, 7) is 3.36. The number of halogens is 1. The van der Waals surface area contributed by atoms with Crippen LogP contribution in [0.25, 0.3) is 0 Å². The van der Waals surface area contributed by atoms with E-state index in [0.717, 1.165) is 17.2 Å². The quantitative estimate of drug-likeness (QED) is 0.685. The van der Waals surface area contributed by atoms with Crippen molar-refractivity contribution >= 4 is 56.3 Å². The van der Waals surface area contributed by atoms with Crippen LogP contribution in [0.2, 0.25) is 5.02 Å². The highest BCUT2D eigenvalue weighted by Gasteiger charge is 2.33. The number of carbonyl (C=O) groups excluding carboxylic acids is 1. The molecule has 0 saturated carbocycles. The number of nitrogens with zero attached hydrogens (tertiary/aromatic N) is 3. The molecule has 2 aliphatic heterocycles. The van der Waals surface area contributed by atoms with Crippen LogP contribution in [-0.2, 0) is 10.0 Å². The average molecular weight is 472 g/mol. The van der Waals surface area contributed by atoms with Gasteiger partial charge in [0.15, 0.2) is 0 Å². The molecule has 2 saturated heterocycles. The molecule has 2 fully saturated rings. The Balaban J connectivity index is 1.48. The molecule has 3 heterocycles. The van der Waals surface area contributed by atoms with E-state index in [9.17, 15) is 13.2 Å². The fourth-order valence-corrected chi connectivity index (χ4v) is 7.78. The number of anilines is 1. The Morgan fingerprint density at radius 1 is 0.966 bits per heavy atom. The van der Waals surface area contributed by atoms with E-state index in [2.05, 4.69) is 4.90 Å². The van der Waals surface area contributed by atoms with Crippen LogP contribution in [0, 0.1) is 0 Å². The highest BCUT2D eigenvalue weighted by atomic mass is 35.5. The van der Waals surface area contributed by atoms with Crippen molar-refractivity contribution in [2.75, 3.05) is 55.7 Å². The summed E-state index contributed by atoms with van der Waals surface area (Å²) in [6.07, 6.45) is 0. The van der Waals surface area contributed by atoms with Gasteiger partial charge in [0.2, 0.25) is 10.0 Å². The fraction of sp³-hybridized carbons (Fsp3) is 0.421. The third kappa shape index (κ3) is 4.29. The zero-order valence-corrected chi connectivity index (χ0v) is 19.0. The number of hydrogen-bond donors (Lipinski definition) is 0. The Morgan fingerprint density at radius 2 is 1.66 bits per heavy atom. The number of sulfonamides is 1. The second-order valence-electron chi connectivity index (χ2n) is 6.86. The van der Waals surface area contributed by atoms with E-state index in [1.807, 2.05) is 24.3 Å². The summed E-state index contributed by atoms with van der Waals surface area (Å²) in [5, 5.41) is 2.39. The molecule has 1 aromatic carbocycles. The van der Waals surface area contributed by atoms with Gasteiger partial charge in [-0.1, -0.05) is 23.7 Å². The van der Waals surface area contributed by atoms with Gasteiger partial charge in [-0.2, -0.15) is 16.1 Å². The lowest BCUT2D eigenvalue weighted by Gasteiger charge is -2.36. The molecule has 156 valence electrons. The van der Waals surface area contributed by atoms with E-state index in [1.165, 1.54) is 15.6 Å². The molecule has 0 bridgehead atoms. The van der Waals surface area contributed by atoms with Gasteiger partial charge in [-0.15, -0.1) is 11.3 Å². The second-order valence-corrected chi connectivity index (χ2v) is 11.3. The van der Waals surface area contributed by atoms with Crippen molar-refractivity contribution in [3.63, 3.8) is 0 Å². The topological polar surface area (TPSA) is 60.9 Å². The van der Waals surface area contributed by atoms with Crippen LogP contribution in [0.5, 0.6) is 0 Å². The molecule has 0 radical (unpaired) electrons. The Kier molecular flexibility index (Phi) is 6.41. The minimum atomic E-state index is -3.64. The molecule has 10 heteroatoms. The predicted molar refractivity (Wildman–Crippen MR) is 120 cm³/mol. The van der Waals surface area contributed by atoms with E-state index in [4.69, 9.17) is 11.6 Å². The van der Waals surface area contributed by atoms with E-state index in [-0.39, 0.29) is 10.8 Å². The second kappa shape index (κ2) is 8.85. The van der Waals surface area contributed by atoms with Gasteiger partial charge in [0.25, 0.3) is 5.91 Å². The van der Waals surface area contributed by atoms with Gasteiger partial charge < -0.3 is 9.80 Å².